The van der Waals surface area contributed by atoms with Crippen molar-refractivity contribution in [1.82, 2.24) is 19.1 Å². The molecule has 3 heterocycles. The Labute approximate surface area is 276 Å². The number of benzene rings is 7. The van der Waals surface area contributed by atoms with Gasteiger partial charge in [-0.25, -0.2) is 9.97 Å². The predicted molar refractivity (Wildman–Crippen MR) is 199 cm³/mol. The maximum absolute atomic E-state index is 5.39. The Bertz CT molecular complexity index is 2810. The Kier molecular flexibility index (Phi) is 5.84. The van der Waals surface area contributed by atoms with Gasteiger partial charge in [0.15, 0.2) is 5.82 Å². The molecular formula is C44H28N4. The summed E-state index contributed by atoms with van der Waals surface area (Å²) in [7, 11) is 0. The van der Waals surface area contributed by atoms with Crippen molar-refractivity contribution in [3.8, 4) is 33.9 Å². The van der Waals surface area contributed by atoms with Gasteiger partial charge >= 0.3 is 0 Å². The third-order valence-electron chi connectivity index (χ3n) is 9.51. The normalized spacial score (nSPS) is 11.8. The monoisotopic (exact) mass is 612 g/mol. The first-order chi connectivity index (χ1) is 23.8. The number of para-hydroxylation sites is 4. The molecular weight excluding hydrogens is 585 g/mol. The number of hydrogen-bond donors (Lipinski definition) is 0. The molecule has 0 atom stereocenters. The molecule has 48 heavy (non-hydrogen) atoms. The molecule has 3 aromatic heterocycles. The molecule has 0 unspecified atom stereocenters. The van der Waals surface area contributed by atoms with Crippen LogP contribution < -0.4 is 0 Å². The summed E-state index contributed by atoms with van der Waals surface area (Å²) < 4.78 is 4.73. The van der Waals surface area contributed by atoms with Crippen molar-refractivity contribution >= 4 is 54.6 Å². The van der Waals surface area contributed by atoms with Crippen molar-refractivity contribution in [3.05, 3.63) is 170 Å². The second kappa shape index (κ2) is 10.5. The van der Waals surface area contributed by atoms with Gasteiger partial charge in [-0.05, 0) is 65.0 Å². The third kappa shape index (κ3) is 3.96. The predicted octanol–water partition coefficient (Wildman–Crippen LogP) is 11.2. The highest BCUT2D eigenvalue weighted by Crippen LogP contribution is 2.43. The number of nitrogens with zero attached hydrogens (tertiary/aromatic N) is 4. The quantitative estimate of drug-likeness (QED) is 0.198. The minimum Gasteiger partial charge on any atom is -0.309 e. The van der Waals surface area contributed by atoms with Gasteiger partial charge < -0.3 is 4.57 Å². The second-order valence-corrected chi connectivity index (χ2v) is 12.2. The molecule has 0 spiro atoms. The average Bonchev–Trinajstić information content (AvgIpc) is 3.44. The average molecular weight is 613 g/mol. The topological polar surface area (TPSA) is 35.6 Å². The van der Waals surface area contributed by atoms with E-state index in [9.17, 15) is 0 Å². The van der Waals surface area contributed by atoms with Crippen LogP contribution in [-0.2, 0) is 0 Å². The summed E-state index contributed by atoms with van der Waals surface area (Å²) in [6.07, 6.45) is 0. The SMILES string of the molecule is c1ccc(-c2ccc(-c3nc4ccccc4nc3-n3c4cccc5c6ccccc6n(-c6ccccc6)c6cccc3c6c54)cc2)cc1. The lowest BCUT2D eigenvalue weighted by Gasteiger charge is -2.15. The fourth-order valence-corrected chi connectivity index (χ4v) is 7.40. The molecule has 0 saturated heterocycles. The van der Waals surface area contributed by atoms with E-state index in [4.69, 9.17) is 9.97 Å². The van der Waals surface area contributed by atoms with Crippen LogP contribution in [0.25, 0.3) is 88.5 Å². The smallest absolute Gasteiger partial charge is 0.165 e. The molecule has 10 aromatic rings. The van der Waals surface area contributed by atoms with Crippen molar-refractivity contribution in [2.45, 2.75) is 0 Å². The zero-order valence-corrected chi connectivity index (χ0v) is 26.0. The molecule has 0 saturated carbocycles. The summed E-state index contributed by atoms with van der Waals surface area (Å²) in [5.74, 6) is 0.815. The van der Waals surface area contributed by atoms with Gasteiger partial charge in [0.1, 0.15) is 5.69 Å². The highest BCUT2D eigenvalue weighted by molar-refractivity contribution is 6.28. The maximum Gasteiger partial charge on any atom is 0.165 e. The zero-order chi connectivity index (χ0) is 31.6. The summed E-state index contributed by atoms with van der Waals surface area (Å²) in [4.78, 5) is 10.7. The first-order valence-electron chi connectivity index (χ1n) is 16.3. The molecule has 0 amide bonds. The van der Waals surface area contributed by atoms with Gasteiger partial charge in [-0.3, -0.25) is 4.57 Å². The Morgan fingerprint density at radius 1 is 0.333 bits per heavy atom. The highest BCUT2D eigenvalue weighted by Gasteiger charge is 2.23. The highest BCUT2D eigenvalue weighted by atomic mass is 15.1. The van der Waals surface area contributed by atoms with Crippen LogP contribution in [0, 0.1) is 0 Å². The lowest BCUT2D eigenvalue weighted by Crippen LogP contribution is -2.04. The molecule has 0 aliphatic carbocycles. The van der Waals surface area contributed by atoms with Crippen LogP contribution in [0.1, 0.15) is 0 Å². The van der Waals surface area contributed by atoms with Gasteiger partial charge in [-0.1, -0.05) is 121 Å². The molecule has 0 radical (unpaired) electrons. The van der Waals surface area contributed by atoms with Crippen LogP contribution in [0.15, 0.2) is 170 Å². The number of rotatable bonds is 4. The molecule has 224 valence electrons. The maximum atomic E-state index is 5.39. The van der Waals surface area contributed by atoms with E-state index in [0.717, 1.165) is 55.9 Å². The van der Waals surface area contributed by atoms with E-state index in [1.54, 1.807) is 0 Å². The van der Waals surface area contributed by atoms with Crippen LogP contribution in [0.2, 0.25) is 0 Å². The summed E-state index contributed by atoms with van der Waals surface area (Å²) in [5, 5.41) is 4.82. The second-order valence-electron chi connectivity index (χ2n) is 12.2. The van der Waals surface area contributed by atoms with Crippen molar-refractivity contribution in [1.29, 1.82) is 0 Å². The molecule has 4 heteroatoms. The Morgan fingerprint density at radius 3 is 1.62 bits per heavy atom. The van der Waals surface area contributed by atoms with Gasteiger partial charge in [0.05, 0.1) is 33.1 Å². The van der Waals surface area contributed by atoms with E-state index in [0.29, 0.717) is 0 Å². The summed E-state index contributed by atoms with van der Waals surface area (Å²) >= 11 is 0. The Morgan fingerprint density at radius 2 is 0.854 bits per heavy atom. The molecule has 0 N–H and O–H groups in total. The summed E-state index contributed by atoms with van der Waals surface area (Å²) in [6, 6.07) is 60.0. The lowest BCUT2D eigenvalue weighted by molar-refractivity contribution is 1.08. The first kappa shape index (κ1) is 26.7. The van der Waals surface area contributed by atoms with E-state index in [2.05, 4.69) is 155 Å². The van der Waals surface area contributed by atoms with Crippen LogP contribution in [0.5, 0.6) is 0 Å². The molecule has 7 aromatic carbocycles. The van der Waals surface area contributed by atoms with E-state index < -0.39 is 0 Å². The molecule has 0 aliphatic heterocycles. The third-order valence-corrected chi connectivity index (χ3v) is 9.51. The van der Waals surface area contributed by atoms with Crippen molar-refractivity contribution in [2.75, 3.05) is 0 Å². The molecule has 4 nitrogen and oxygen atoms in total. The van der Waals surface area contributed by atoms with Crippen molar-refractivity contribution in [2.24, 2.45) is 0 Å². The van der Waals surface area contributed by atoms with Crippen molar-refractivity contribution in [3.63, 3.8) is 0 Å². The van der Waals surface area contributed by atoms with Crippen LogP contribution in [-0.4, -0.2) is 19.1 Å². The minimum absolute atomic E-state index is 0.815. The van der Waals surface area contributed by atoms with Crippen LogP contribution >= 0.6 is 0 Å². The number of hydrogen-bond acceptors (Lipinski definition) is 2. The van der Waals surface area contributed by atoms with E-state index in [1.807, 2.05) is 24.3 Å². The Hall–Kier alpha value is -6.52. The van der Waals surface area contributed by atoms with E-state index >= 15 is 0 Å². The van der Waals surface area contributed by atoms with Gasteiger partial charge in [0, 0.05) is 27.4 Å². The molecule has 0 aliphatic rings. The minimum atomic E-state index is 0.815. The molecule has 0 bridgehead atoms. The standard InChI is InChI=1S/C44H28N4/c1-3-13-29(14-4-1)30-25-27-31(28-26-30)43-44(46-36-20-9-8-19-35(36)45-43)48-38-22-11-18-34-33-17-7-10-21-37(33)47(32-15-5-2-6-16-32)39-23-12-24-40(48)42(39)41(34)38/h1-28H. The first-order valence-corrected chi connectivity index (χ1v) is 16.3. The van der Waals surface area contributed by atoms with Gasteiger partial charge in [-0.15, -0.1) is 0 Å². The van der Waals surface area contributed by atoms with E-state index in [1.165, 1.54) is 32.7 Å². The van der Waals surface area contributed by atoms with Gasteiger partial charge in [0.25, 0.3) is 0 Å². The number of aromatic nitrogens is 4. The Balaban J connectivity index is 1.34. The van der Waals surface area contributed by atoms with Crippen LogP contribution in [0.4, 0.5) is 0 Å². The van der Waals surface area contributed by atoms with Crippen LogP contribution in [0.3, 0.4) is 0 Å². The fraction of sp³-hybridized carbons (Fsp3) is 0. The van der Waals surface area contributed by atoms with Gasteiger partial charge in [0.2, 0.25) is 0 Å². The zero-order valence-electron chi connectivity index (χ0n) is 26.0. The van der Waals surface area contributed by atoms with Crippen molar-refractivity contribution < 1.29 is 0 Å². The number of fused-ring (bicyclic) bond motifs is 3. The molecule has 10 rings (SSSR count). The van der Waals surface area contributed by atoms with Gasteiger partial charge in [-0.2, -0.15) is 0 Å². The summed E-state index contributed by atoms with van der Waals surface area (Å²) in [6.45, 7) is 0. The largest absolute Gasteiger partial charge is 0.309 e. The van der Waals surface area contributed by atoms with E-state index in [-0.39, 0.29) is 0 Å². The fourth-order valence-electron chi connectivity index (χ4n) is 7.40. The lowest BCUT2D eigenvalue weighted by atomic mass is 10.0. The molecule has 0 fully saturated rings. The summed E-state index contributed by atoms with van der Waals surface area (Å²) in [5.41, 5.74) is 11.6.